The van der Waals surface area contributed by atoms with E-state index >= 15 is 0 Å². The summed E-state index contributed by atoms with van der Waals surface area (Å²) in [4.78, 5) is 11.9. The minimum Gasteiger partial charge on any atom is -0.381 e. The van der Waals surface area contributed by atoms with Gasteiger partial charge in [0.1, 0.15) is 5.60 Å². The zero-order valence-electron chi connectivity index (χ0n) is 8.63. The number of carbonyl (C=O) groups excluding carboxylic acids is 1. The van der Waals surface area contributed by atoms with Crippen LogP contribution >= 0.6 is 0 Å². The molecule has 76 valence electrons. The van der Waals surface area contributed by atoms with Gasteiger partial charge in [0, 0.05) is 19.6 Å². The Morgan fingerprint density at radius 3 is 2.77 bits per heavy atom. The van der Waals surface area contributed by atoms with Gasteiger partial charge in [-0.3, -0.25) is 4.79 Å². The van der Waals surface area contributed by atoms with Gasteiger partial charge in [-0.25, -0.2) is 0 Å². The van der Waals surface area contributed by atoms with Crippen molar-refractivity contribution >= 4 is 5.78 Å². The molecule has 0 N–H and O–H groups in total. The van der Waals surface area contributed by atoms with Gasteiger partial charge in [-0.15, -0.1) is 0 Å². The standard InChI is InChI=1S/C10H18O3/c1-4-10(2,12-3)9(11)8-5-6-13-7-8/h8H,4-7H2,1-3H3. The Morgan fingerprint density at radius 2 is 2.38 bits per heavy atom. The second-order valence-corrected chi connectivity index (χ2v) is 3.71. The lowest BCUT2D eigenvalue weighted by atomic mass is 9.87. The van der Waals surface area contributed by atoms with Crippen molar-refractivity contribution < 1.29 is 14.3 Å². The van der Waals surface area contributed by atoms with Gasteiger partial charge in [0.25, 0.3) is 0 Å². The van der Waals surface area contributed by atoms with Crippen molar-refractivity contribution in [3.05, 3.63) is 0 Å². The minimum atomic E-state index is -0.613. The van der Waals surface area contributed by atoms with Crippen molar-refractivity contribution in [3.63, 3.8) is 0 Å². The van der Waals surface area contributed by atoms with E-state index in [9.17, 15) is 4.79 Å². The second-order valence-electron chi connectivity index (χ2n) is 3.71. The van der Waals surface area contributed by atoms with Gasteiger partial charge >= 0.3 is 0 Å². The van der Waals surface area contributed by atoms with Crippen LogP contribution in [0.25, 0.3) is 0 Å². The number of hydrogen-bond acceptors (Lipinski definition) is 3. The lowest BCUT2D eigenvalue weighted by Crippen LogP contribution is -2.41. The second kappa shape index (κ2) is 4.20. The predicted octanol–water partition coefficient (Wildman–Crippen LogP) is 1.41. The zero-order chi connectivity index (χ0) is 9.90. The van der Waals surface area contributed by atoms with Crippen molar-refractivity contribution in [2.75, 3.05) is 20.3 Å². The van der Waals surface area contributed by atoms with Gasteiger partial charge in [-0.1, -0.05) is 6.92 Å². The van der Waals surface area contributed by atoms with Gasteiger partial charge in [-0.05, 0) is 19.8 Å². The summed E-state index contributed by atoms with van der Waals surface area (Å²) in [5, 5.41) is 0. The molecule has 1 fully saturated rings. The summed E-state index contributed by atoms with van der Waals surface area (Å²) < 4.78 is 10.4. The number of carbonyl (C=O) groups is 1. The first-order valence-corrected chi connectivity index (χ1v) is 4.81. The van der Waals surface area contributed by atoms with Crippen LogP contribution in [0.15, 0.2) is 0 Å². The quantitative estimate of drug-likeness (QED) is 0.666. The van der Waals surface area contributed by atoms with E-state index in [4.69, 9.17) is 9.47 Å². The zero-order valence-corrected chi connectivity index (χ0v) is 8.63. The van der Waals surface area contributed by atoms with E-state index < -0.39 is 5.60 Å². The van der Waals surface area contributed by atoms with E-state index in [1.807, 2.05) is 13.8 Å². The fraction of sp³-hybridized carbons (Fsp3) is 0.900. The van der Waals surface area contributed by atoms with Gasteiger partial charge in [0.2, 0.25) is 0 Å². The molecule has 2 unspecified atom stereocenters. The number of Topliss-reactive ketones (excluding diaryl/α,β-unsaturated/α-hetero) is 1. The van der Waals surface area contributed by atoms with Crippen LogP contribution in [0.5, 0.6) is 0 Å². The Bertz CT molecular complexity index is 179. The maximum Gasteiger partial charge on any atom is 0.169 e. The van der Waals surface area contributed by atoms with Crippen LogP contribution in [0, 0.1) is 5.92 Å². The molecule has 1 heterocycles. The fourth-order valence-corrected chi connectivity index (χ4v) is 1.59. The normalized spacial score (nSPS) is 27.2. The van der Waals surface area contributed by atoms with Gasteiger partial charge in [-0.2, -0.15) is 0 Å². The van der Waals surface area contributed by atoms with Crippen LogP contribution in [-0.4, -0.2) is 31.7 Å². The van der Waals surface area contributed by atoms with E-state index in [0.717, 1.165) is 12.8 Å². The maximum atomic E-state index is 11.9. The molecule has 0 aromatic rings. The molecular weight excluding hydrogens is 168 g/mol. The lowest BCUT2D eigenvalue weighted by Gasteiger charge is -2.27. The third kappa shape index (κ3) is 2.09. The largest absolute Gasteiger partial charge is 0.381 e. The molecule has 1 aliphatic rings. The molecule has 2 atom stereocenters. The minimum absolute atomic E-state index is 0.0462. The molecule has 13 heavy (non-hydrogen) atoms. The summed E-state index contributed by atoms with van der Waals surface area (Å²) >= 11 is 0. The number of hydrogen-bond donors (Lipinski definition) is 0. The molecule has 3 nitrogen and oxygen atoms in total. The molecule has 1 rings (SSSR count). The van der Waals surface area contributed by atoms with Crippen molar-refractivity contribution in [1.29, 1.82) is 0 Å². The highest BCUT2D eigenvalue weighted by Gasteiger charge is 2.37. The molecule has 0 spiro atoms. The third-order valence-corrected chi connectivity index (χ3v) is 2.95. The Balaban J connectivity index is 2.63. The van der Waals surface area contributed by atoms with Crippen LogP contribution in [0.1, 0.15) is 26.7 Å². The highest BCUT2D eigenvalue weighted by molar-refractivity contribution is 5.89. The average molecular weight is 186 g/mol. The van der Waals surface area contributed by atoms with Crippen molar-refractivity contribution in [1.82, 2.24) is 0 Å². The van der Waals surface area contributed by atoms with Crippen LogP contribution in [-0.2, 0) is 14.3 Å². The van der Waals surface area contributed by atoms with E-state index in [1.165, 1.54) is 0 Å². The Labute approximate surface area is 79.4 Å². The first kappa shape index (κ1) is 10.7. The van der Waals surface area contributed by atoms with E-state index in [1.54, 1.807) is 7.11 Å². The summed E-state index contributed by atoms with van der Waals surface area (Å²) in [7, 11) is 1.59. The first-order valence-electron chi connectivity index (χ1n) is 4.81. The maximum absolute atomic E-state index is 11.9. The Morgan fingerprint density at radius 1 is 1.69 bits per heavy atom. The van der Waals surface area contributed by atoms with Crippen molar-refractivity contribution in [2.45, 2.75) is 32.3 Å². The molecular formula is C10H18O3. The number of ether oxygens (including phenoxy) is 2. The smallest absolute Gasteiger partial charge is 0.169 e. The number of methoxy groups -OCH3 is 1. The van der Waals surface area contributed by atoms with Gasteiger partial charge in [0.15, 0.2) is 5.78 Å². The molecule has 0 aliphatic carbocycles. The Kier molecular flexibility index (Phi) is 3.45. The van der Waals surface area contributed by atoms with Crippen LogP contribution in [0.2, 0.25) is 0 Å². The molecule has 0 radical (unpaired) electrons. The van der Waals surface area contributed by atoms with Crippen LogP contribution in [0.4, 0.5) is 0 Å². The molecule has 1 saturated heterocycles. The van der Waals surface area contributed by atoms with Crippen molar-refractivity contribution in [2.24, 2.45) is 5.92 Å². The molecule has 1 aliphatic heterocycles. The summed E-state index contributed by atoms with van der Waals surface area (Å²) in [6.45, 7) is 5.10. The number of rotatable bonds is 4. The van der Waals surface area contributed by atoms with E-state index in [2.05, 4.69) is 0 Å². The SMILES string of the molecule is CCC(C)(OC)C(=O)C1CCOC1. The van der Waals surface area contributed by atoms with Crippen molar-refractivity contribution in [3.8, 4) is 0 Å². The first-order chi connectivity index (χ1) is 6.14. The van der Waals surface area contributed by atoms with Crippen LogP contribution < -0.4 is 0 Å². The van der Waals surface area contributed by atoms with Gasteiger partial charge in [0.05, 0.1) is 6.61 Å². The number of ketones is 1. The molecule has 0 bridgehead atoms. The van der Waals surface area contributed by atoms with Gasteiger partial charge < -0.3 is 9.47 Å². The Hall–Kier alpha value is -0.410. The molecule has 3 heteroatoms. The molecule has 0 amide bonds. The third-order valence-electron chi connectivity index (χ3n) is 2.95. The summed E-state index contributed by atoms with van der Waals surface area (Å²) in [5.74, 6) is 0.236. The summed E-state index contributed by atoms with van der Waals surface area (Å²) in [6.07, 6.45) is 1.57. The van der Waals surface area contributed by atoms with E-state index in [0.29, 0.717) is 13.2 Å². The summed E-state index contributed by atoms with van der Waals surface area (Å²) in [5.41, 5.74) is -0.613. The fourth-order valence-electron chi connectivity index (χ4n) is 1.59. The predicted molar refractivity (Wildman–Crippen MR) is 49.6 cm³/mol. The molecule has 0 aromatic carbocycles. The molecule has 0 aromatic heterocycles. The summed E-state index contributed by atoms with van der Waals surface area (Å²) in [6, 6.07) is 0. The highest BCUT2D eigenvalue weighted by Crippen LogP contribution is 2.24. The topological polar surface area (TPSA) is 35.5 Å². The monoisotopic (exact) mass is 186 g/mol. The molecule has 0 saturated carbocycles. The van der Waals surface area contributed by atoms with Crippen LogP contribution in [0.3, 0.4) is 0 Å². The average Bonchev–Trinajstić information content (AvgIpc) is 2.68. The van der Waals surface area contributed by atoms with E-state index in [-0.39, 0.29) is 11.7 Å². The highest BCUT2D eigenvalue weighted by atomic mass is 16.5. The lowest BCUT2D eigenvalue weighted by molar-refractivity contribution is -0.143.